The molecule has 0 aromatic heterocycles. The number of amides is 2. The highest BCUT2D eigenvalue weighted by Gasteiger charge is 2.26. The van der Waals surface area contributed by atoms with Gasteiger partial charge in [-0.3, -0.25) is 0 Å². The fourth-order valence-corrected chi connectivity index (χ4v) is 2.33. The van der Waals surface area contributed by atoms with E-state index in [-0.39, 0.29) is 0 Å². The van der Waals surface area contributed by atoms with E-state index < -0.39 is 24.1 Å². The SMILES string of the molecule is CC1CCC(CNC(=O)N[C@H](C(=O)O)[C@@H](C)O)C1. The molecule has 0 spiro atoms. The zero-order chi connectivity index (χ0) is 13.7. The van der Waals surface area contributed by atoms with Gasteiger partial charge in [0.15, 0.2) is 6.04 Å². The molecule has 0 saturated heterocycles. The van der Waals surface area contributed by atoms with Gasteiger partial charge in [-0.2, -0.15) is 0 Å². The number of hydrogen-bond acceptors (Lipinski definition) is 3. The Labute approximate surface area is 107 Å². The lowest BCUT2D eigenvalue weighted by Gasteiger charge is -2.18. The average molecular weight is 258 g/mol. The largest absolute Gasteiger partial charge is 0.480 e. The van der Waals surface area contributed by atoms with Crippen LogP contribution >= 0.6 is 0 Å². The van der Waals surface area contributed by atoms with Crippen LogP contribution in [0.5, 0.6) is 0 Å². The summed E-state index contributed by atoms with van der Waals surface area (Å²) in [6.07, 6.45) is 2.25. The van der Waals surface area contributed by atoms with Crippen molar-refractivity contribution in [3.63, 3.8) is 0 Å². The van der Waals surface area contributed by atoms with Crippen LogP contribution in [0, 0.1) is 11.8 Å². The fourth-order valence-electron chi connectivity index (χ4n) is 2.33. The maximum Gasteiger partial charge on any atom is 0.328 e. The van der Waals surface area contributed by atoms with E-state index in [9.17, 15) is 14.7 Å². The van der Waals surface area contributed by atoms with E-state index in [2.05, 4.69) is 17.6 Å². The highest BCUT2D eigenvalue weighted by molar-refractivity contribution is 5.82. The summed E-state index contributed by atoms with van der Waals surface area (Å²) < 4.78 is 0. The average Bonchev–Trinajstić information content (AvgIpc) is 2.68. The maximum absolute atomic E-state index is 11.5. The van der Waals surface area contributed by atoms with E-state index in [0.29, 0.717) is 18.4 Å². The summed E-state index contributed by atoms with van der Waals surface area (Å²) in [4.78, 5) is 22.3. The molecular weight excluding hydrogens is 236 g/mol. The quantitative estimate of drug-likeness (QED) is 0.579. The first kappa shape index (κ1) is 14.8. The zero-order valence-electron chi connectivity index (χ0n) is 10.8. The predicted molar refractivity (Wildman–Crippen MR) is 66.1 cm³/mol. The second-order valence-electron chi connectivity index (χ2n) is 5.20. The number of nitrogens with one attached hydrogen (secondary N) is 2. The van der Waals surface area contributed by atoms with E-state index in [0.717, 1.165) is 12.8 Å². The minimum absolute atomic E-state index is 0.473. The van der Waals surface area contributed by atoms with Gasteiger partial charge in [-0.05, 0) is 31.6 Å². The summed E-state index contributed by atoms with van der Waals surface area (Å²) in [6.45, 7) is 4.08. The Morgan fingerprint density at radius 3 is 2.50 bits per heavy atom. The number of carbonyl (C=O) groups is 2. The minimum Gasteiger partial charge on any atom is -0.480 e. The Morgan fingerprint density at radius 1 is 1.39 bits per heavy atom. The molecule has 0 bridgehead atoms. The molecule has 1 fully saturated rings. The predicted octanol–water partition coefficient (Wildman–Crippen LogP) is 0.556. The molecule has 0 aromatic rings. The number of urea groups is 1. The van der Waals surface area contributed by atoms with Crippen LogP contribution < -0.4 is 10.6 Å². The number of aliphatic carboxylic acids is 1. The molecule has 4 N–H and O–H groups in total. The highest BCUT2D eigenvalue weighted by atomic mass is 16.4. The normalized spacial score (nSPS) is 26.4. The molecule has 0 aromatic carbocycles. The first-order valence-corrected chi connectivity index (χ1v) is 6.35. The van der Waals surface area contributed by atoms with E-state index in [1.807, 2.05) is 0 Å². The Balaban J connectivity index is 2.30. The molecule has 0 radical (unpaired) electrons. The summed E-state index contributed by atoms with van der Waals surface area (Å²) in [6, 6.07) is -1.81. The van der Waals surface area contributed by atoms with Crippen LogP contribution in [0.2, 0.25) is 0 Å². The Bertz CT molecular complexity index is 306. The van der Waals surface area contributed by atoms with Crippen LogP contribution in [0.15, 0.2) is 0 Å². The maximum atomic E-state index is 11.5. The van der Waals surface area contributed by atoms with E-state index in [1.54, 1.807) is 0 Å². The summed E-state index contributed by atoms with van der Waals surface area (Å²) in [5, 5.41) is 22.9. The lowest BCUT2D eigenvalue weighted by Crippen LogP contribution is -2.51. The van der Waals surface area contributed by atoms with Gasteiger partial charge in [0.25, 0.3) is 0 Å². The van der Waals surface area contributed by atoms with Gasteiger partial charge < -0.3 is 20.8 Å². The first-order chi connectivity index (χ1) is 8.40. The van der Waals surface area contributed by atoms with Gasteiger partial charge in [0.1, 0.15) is 0 Å². The number of carboxylic acid groups (broad SMARTS) is 1. The molecule has 1 aliphatic carbocycles. The van der Waals surface area contributed by atoms with E-state index >= 15 is 0 Å². The van der Waals surface area contributed by atoms with Crippen LogP contribution in [0.4, 0.5) is 4.79 Å². The van der Waals surface area contributed by atoms with Gasteiger partial charge in [-0.15, -0.1) is 0 Å². The number of aliphatic hydroxyl groups excluding tert-OH is 1. The molecule has 6 heteroatoms. The number of carboxylic acids is 1. The van der Waals surface area contributed by atoms with Crippen molar-refractivity contribution in [3.8, 4) is 0 Å². The van der Waals surface area contributed by atoms with Crippen molar-refractivity contribution in [2.45, 2.75) is 45.3 Å². The lowest BCUT2D eigenvalue weighted by molar-refractivity contribution is -0.141. The molecule has 1 saturated carbocycles. The number of rotatable bonds is 5. The van der Waals surface area contributed by atoms with Crippen molar-refractivity contribution in [2.75, 3.05) is 6.54 Å². The highest BCUT2D eigenvalue weighted by Crippen LogP contribution is 2.29. The molecule has 0 aliphatic heterocycles. The molecule has 2 unspecified atom stereocenters. The van der Waals surface area contributed by atoms with Crippen molar-refractivity contribution in [3.05, 3.63) is 0 Å². The lowest BCUT2D eigenvalue weighted by atomic mass is 10.1. The first-order valence-electron chi connectivity index (χ1n) is 6.35. The second-order valence-corrected chi connectivity index (χ2v) is 5.20. The molecule has 18 heavy (non-hydrogen) atoms. The number of hydrogen-bond donors (Lipinski definition) is 4. The van der Waals surface area contributed by atoms with Gasteiger partial charge in [0.05, 0.1) is 6.10 Å². The molecule has 6 nitrogen and oxygen atoms in total. The zero-order valence-corrected chi connectivity index (χ0v) is 10.8. The monoisotopic (exact) mass is 258 g/mol. The molecule has 2 amide bonds. The van der Waals surface area contributed by atoms with Gasteiger partial charge in [-0.25, -0.2) is 9.59 Å². The van der Waals surface area contributed by atoms with E-state index in [4.69, 9.17) is 5.11 Å². The Kier molecular flexibility index (Phi) is 5.40. The van der Waals surface area contributed by atoms with Gasteiger partial charge in [0, 0.05) is 6.54 Å². The standard InChI is InChI=1S/C12H22N2O4/c1-7-3-4-9(5-7)6-13-12(18)14-10(8(2)15)11(16)17/h7-10,15H,3-6H2,1-2H3,(H,16,17)(H2,13,14,18)/t7?,8-,9?,10+/m1/s1. The van der Waals surface area contributed by atoms with Crippen molar-refractivity contribution in [2.24, 2.45) is 11.8 Å². The van der Waals surface area contributed by atoms with Crippen LogP contribution in [0.1, 0.15) is 33.1 Å². The van der Waals surface area contributed by atoms with E-state index in [1.165, 1.54) is 13.3 Å². The molecule has 4 atom stereocenters. The molecule has 1 rings (SSSR count). The Hall–Kier alpha value is -1.30. The third-order valence-electron chi connectivity index (χ3n) is 3.39. The van der Waals surface area contributed by atoms with Gasteiger partial charge in [-0.1, -0.05) is 13.3 Å². The molecular formula is C12H22N2O4. The second kappa shape index (κ2) is 6.58. The third kappa shape index (κ3) is 4.52. The van der Waals surface area contributed by atoms with Gasteiger partial charge in [0.2, 0.25) is 0 Å². The summed E-state index contributed by atoms with van der Waals surface area (Å²) >= 11 is 0. The van der Waals surface area contributed by atoms with Crippen LogP contribution in [-0.4, -0.2) is 40.9 Å². The van der Waals surface area contributed by atoms with Crippen LogP contribution in [0.25, 0.3) is 0 Å². The van der Waals surface area contributed by atoms with Crippen molar-refractivity contribution in [1.29, 1.82) is 0 Å². The number of carbonyl (C=O) groups excluding carboxylic acids is 1. The van der Waals surface area contributed by atoms with Crippen LogP contribution in [0.3, 0.4) is 0 Å². The summed E-state index contributed by atoms with van der Waals surface area (Å²) in [5.74, 6) is -0.0701. The molecule has 1 aliphatic rings. The summed E-state index contributed by atoms with van der Waals surface area (Å²) in [5.41, 5.74) is 0. The third-order valence-corrected chi connectivity index (χ3v) is 3.39. The van der Waals surface area contributed by atoms with Crippen LogP contribution in [-0.2, 0) is 4.79 Å². The minimum atomic E-state index is -1.27. The summed E-state index contributed by atoms with van der Waals surface area (Å²) in [7, 11) is 0. The molecule has 0 heterocycles. The topological polar surface area (TPSA) is 98.7 Å². The molecule has 104 valence electrons. The van der Waals surface area contributed by atoms with Gasteiger partial charge >= 0.3 is 12.0 Å². The van der Waals surface area contributed by atoms with Crippen molar-refractivity contribution < 1.29 is 19.8 Å². The smallest absolute Gasteiger partial charge is 0.328 e. The van der Waals surface area contributed by atoms with Crippen molar-refractivity contribution in [1.82, 2.24) is 10.6 Å². The Morgan fingerprint density at radius 2 is 2.06 bits per heavy atom. The number of aliphatic hydroxyl groups is 1. The fraction of sp³-hybridized carbons (Fsp3) is 0.833. The van der Waals surface area contributed by atoms with Crippen molar-refractivity contribution >= 4 is 12.0 Å².